The SMILES string of the molecule is Cc1nc2cccc(NCc3ccc(CN4CCOCC4)cc3F)c2c(=O)n1C1CCC(=O)NC1=O. The minimum atomic E-state index is -0.809. The maximum Gasteiger partial charge on any atom is 0.264 e. The second-order valence-electron chi connectivity index (χ2n) is 9.17. The monoisotopic (exact) mass is 493 g/mol. The average molecular weight is 494 g/mol. The third kappa shape index (κ3) is 4.87. The number of benzene rings is 2. The van der Waals surface area contributed by atoms with Gasteiger partial charge in [-0.05, 0) is 37.1 Å². The number of carbonyl (C=O) groups excluding carboxylic acids is 2. The molecule has 0 bridgehead atoms. The maximum absolute atomic E-state index is 14.9. The van der Waals surface area contributed by atoms with E-state index in [-0.39, 0.29) is 36.7 Å². The van der Waals surface area contributed by atoms with Gasteiger partial charge in [0, 0.05) is 43.9 Å². The van der Waals surface area contributed by atoms with Gasteiger partial charge in [-0.1, -0.05) is 18.2 Å². The van der Waals surface area contributed by atoms with E-state index in [0.717, 1.165) is 18.7 Å². The summed E-state index contributed by atoms with van der Waals surface area (Å²) in [5, 5.41) is 5.79. The number of nitrogens with one attached hydrogen (secondary N) is 2. The highest BCUT2D eigenvalue weighted by Crippen LogP contribution is 2.24. The molecule has 2 saturated heterocycles. The molecule has 2 amide bonds. The van der Waals surface area contributed by atoms with Gasteiger partial charge in [-0.3, -0.25) is 29.2 Å². The number of amides is 2. The summed E-state index contributed by atoms with van der Waals surface area (Å²) in [6.45, 7) is 5.55. The van der Waals surface area contributed by atoms with Crippen LogP contribution in [0.25, 0.3) is 10.9 Å². The van der Waals surface area contributed by atoms with Crippen molar-refractivity contribution in [1.82, 2.24) is 19.8 Å². The number of morpholine rings is 1. The van der Waals surface area contributed by atoms with Crippen LogP contribution in [0.4, 0.5) is 10.1 Å². The molecular formula is C26H28FN5O4. The minimum Gasteiger partial charge on any atom is -0.380 e. The molecular weight excluding hydrogens is 465 g/mol. The van der Waals surface area contributed by atoms with Crippen molar-refractivity contribution in [3.8, 4) is 0 Å². The molecule has 36 heavy (non-hydrogen) atoms. The van der Waals surface area contributed by atoms with Crippen LogP contribution in [-0.4, -0.2) is 52.6 Å². The largest absolute Gasteiger partial charge is 0.380 e. The Balaban J connectivity index is 1.39. The molecule has 0 aliphatic carbocycles. The van der Waals surface area contributed by atoms with Gasteiger partial charge in [0.05, 0.1) is 24.1 Å². The number of ether oxygens (including phenoxy) is 1. The molecule has 9 nitrogen and oxygen atoms in total. The first-order valence-corrected chi connectivity index (χ1v) is 12.1. The van der Waals surface area contributed by atoms with E-state index in [4.69, 9.17) is 4.74 Å². The van der Waals surface area contributed by atoms with Crippen molar-refractivity contribution in [2.45, 2.75) is 38.9 Å². The fourth-order valence-electron chi connectivity index (χ4n) is 4.84. The first kappa shape index (κ1) is 24.1. The van der Waals surface area contributed by atoms with Crippen molar-refractivity contribution in [3.63, 3.8) is 0 Å². The predicted octanol–water partition coefficient (Wildman–Crippen LogP) is 2.27. The normalized spacial score (nSPS) is 18.9. The quantitative estimate of drug-likeness (QED) is 0.508. The van der Waals surface area contributed by atoms with Crippen LogP contribution in [0.15, 0.2) is 41.2 Å². The number of hydrogen-bond donors (Lipinski definition) is 2. The molecule has 10 heteroatoms. The summed E-state index contributed by atoms with van der Waals surface area (Å²) in [5.41, 5.74) is 1.98. The van der Waals surface area contributed by atoms with E-state index in [1.54, 1.807) is 37.3 Å². The Kier molecular flexibility index (Phi) is 6.80. The van der Waals surface area contributed by atoms with Crippen LogP contribution >= 0.6 is 0 Å². The number of nitrogens with zero attached hydrogens (tertiary/aromatic N) is 3. The molecule has 3 aromatic rings. The lowest BCUT2D eigenvalue weighted by Gasteiger charge is -2.26. The Morgan fingerprint density at radius 3 is 2.72 bits per heavy atom. The Bertz CT molecular complexity index is 1380. The summed E-state index contributed by atoms with van der Waals surface area (Å²) < 4.78 is 21.6. The second kappa shape index (κ2) is 10.2. The lowest BCUT2D eigenvalue weighted by molar-refractivity contribution is -0.135. The highest BCUT2D eigenvalue weighted by atomic mass is 19.1. The lowest BCUT2D eigenvalue weighted by Crippen LogP contribution is -2.45. The fourth-order valence-corrected chi connectivity index (χ4v) is 4.84. The van der Waals surface area contributed by atoms with E-state index in [9.17, 15) is 18.8 Å². The van der Waals surface area contributed by atoms with Crippen LogP contribution in [0.5, 0.6) is 0 Å². The number of anilines is 1. The topological polar surface area (TPSA) is 106 Å². The van der Waals surface area contributed by atoms with E-state index in [1.165, 1.54) is 4.57 Å². The third-order valence-electron chi connectivity index (χ3n) is 6.72. The van der Waals surface area contributed by atoms with Crippen LogP contribution in [0.1, 0.15) is 35.8 Å². The van der Waals surface area contributed by atoms with E-state index in [1.807, 2.05) is 6.07 Å². The number of imide groups is 1. The number of hydrogen-bond acceptors (Lipinski definition) is 7. The van der Waals surface area contributed by atoms with Crippen molar-refractivity contribution in [3.05, 3.63) is 69.5 Å². The molecule has 188 valence electrons. The second-order valence-corrected chi connectivity index (χ2v) is 9.17. The molecule has 1 atom stereocenters. The summed E-state index contributed by atoms with van der Waals surface area (Å²) in [4.78, 5) is 44.3. The standard InChI is InChI=1S/C26H28FN5O4/c1-16-29-21-4-2-3-20(24(21)26(35)32(16)22-7-8-23(33)30-25(22)34)28-14-18-6-5-17(13-19(18)27)15-31-9-11-36-12-10-31/h2-6,13,22,28H,7-12,14-15H2,1H3,(H,30,33,34). The van der Waals surface area contributed by atoms with E-state index in [0.29, 0.717) is 47.7 Å². The Hall–Kier alpha value is -3.63. The van der Waals surface area contributed by atoms with Gasteiger partial charge in [0.25, 0.3) is 5.56 Å². The summed E-state index contributed by atoms with van der Waals surface area (Å²) in [6.07, 6.45) is 0.386. The number of aryl methyl sites for hydroxylation is 1. The third-order valence-corrected chi connectivity index (χ3v) is 6.72. The van der Waals surface area contributed by atoms with Crippen molar-refractivity contribution < 1.29 is 18.7 Å². The zero-order valence-electron chi connectivity index (χ0n) is 20.1. The number of rotatable bonds is 6. The Morgan fingerprint density at radius 2 is 1.97 bits per heavy atom. The van der Waals surface area contributed by atoms with Gasteiger partial charge in [0.2, 0.25) is 11.8 Å². The first-order valence-electron chi connectivity index (χ1n) is 12.1. The molecule has 1 aromatic heterocycles. The number of piperidine rings is 1. The zero-order valence-corrected chi connectivity index (χ0v) is 20.1. The maximum atomic E-state index is 14.9. The molecule has 1 unspecified atom stereocenters. The molecule has 2 aliphatic heterocycles. The van der Waals surface area contributed by atoms with Crippen molar-refractivity contribution in [1.29, 1.82) is 0 Å². The summed E-state index contributed by atoms with van der Waals surface area (Å²) in [5.74, 6) is -0.789. The number of halogens is 1. The van der Waals surface area contributed by atoms with Gasteiger partial charge in [-0.2, -0.15) is 0 Å². The lowest BCUT2D eigenvalue weighted by atomic mass is 10.0. The average Bonchev–Trinajstić information content (AvgIpc) is 2.85. The van der Waals surface area contributed by atoms with Gasteiger partial charge < -0.3 is 10.1 Å². The van der Waals surface area contributed by atoms with Crippen LogP contribution in [0.2, 0.25) is 0 Å². The van der Waals surface area contributed by atoms with Crippen LogP contribution in [-0.2, 0) is 27.4 Å². The van der Waals surface area contributed by atoms with Crippen LogP contribution < -0.4 is 16.2 Å². The van der Waals surface area contributed by atoms with Crippen molar-refractivity contribution >= 4 is 28.4 Å². The van der Waals surface area contributed by atoms with Gasteiger partial charge in [0.15, 0.2) is 0 Å². The fraction of sp³-hybridized carbons (Fsp3) is 0.385. The molecule has 5 rings (SSSR count). The van der Waals surface area contributed by atoms with Crippen molar-refractivity contribution in [2.75, 3.05) is 31.6 Å². The number of aromatic nitrogens is 2. The molecule has 0 spiro atoms. The minimum absolute atomic E-state index is 0.154. The summed E-state index contributed by atoms with van der Waals surface area (Å²) in [6, 6.07) is 9.65. The smallest absolute Gasteiger partial charge is 0.264 e. The summed E-state index contributed by atoms with van der Waals surface area (Å²) >= 11 is 0. The van der Waals surface area contributed by atoms with Gasteiger partial charge in [-0.25, -0.2) is 9.37 Å². The molecule has 2 aliphatic rings. The van der Waals surface area contributed by atoms with Gasteiger partial charge in [-0.15, -0.1) is 0 Å². The first-order chi connectivity index (χ1) is 17.4. The van der Waals surface area contributed by atoms with Crippen LogP contribution in [0.3, 0.4) is 0 Å². The predicted molar refractivity (Wildman–Crippen MR) is 132 cm³/mol. The molecule has 2 fully saturated rings. The Labute approximate surface area is 207 Å². The molecule has 2 aromatic carbocycles. The van der Waals surface area contributed by atoms with Crippen LogP contribution in [0, 0.1) is 12.7 Å². The van der Waals surface area contributed by atoms with E-state index in [2.05, 4.69) is 20.5 Å². The van der Waals surface area contributed by atoms with Gasteiger partial charge in [0.1, 0.15) is 17.7 Å². The highest BCUT2D eigenvalue weighted by Gasteiger charge is 2.30. The Morgan fingerprint density at radius 1 is 1.17 bits per heavy atom. The van der Waals surface area contributed by atoms with E-state index >= 15 is 0 Å². The molecule has 2 N–H and O–H groups in total. The zero-order chi connectivity index (χ0) is 25.2. The number of carbonyl (C=O) groups is 2. The number of fused-ring (bicyclic) bond motifs is 1. The van der Waals surface area contributed by atoms with E-state index < -0.39 is 11.9 Å². The molecule has 0 saturated carbocycles. The van der Waals surface area contributed by atoms with Gasteiger partial charge >= 0.3 is 0 Å². The molecule has 0 radical (unpaired) electrons. The van der Waals surface area contributed by atoms with Crippen molar-refractivity contribution in [2.24, 2.45) is 0 Å². The highest BCUT2D eigenvalue weighted by molar-refractivity contribution is 5.99. The molecule has 3 heterocycles. The summed E-state index contributed by atoms with van der Waals surface area (Å²) in [7, 11) is 0.